The van der Waals surface area contributed by atoms with Gasteiger partial charge in [-0.25, -0.2) is 0 Å². The van der Waals surface area contributed by atoms with Gasteiger partial charge in [-0.1, -0.05) is 30.3 Å². The maximum Gasteiger partial charge on any atom is 0.245 e. The maximum atomic E-state index is 12.6. The first kappa shape index (κ1) is 16.2. The molecule has 0 bridgehead atoms. The van der Waals surface area contributed by atoms with Crippen LogP contribution < -0.4 is 0 Å². The third-order valence-corrected chi connectivity index (χ3v) is 4.34. The molecule has 2 amide bonds. The third-order valence-electron chi connectivity index (χ3n) is 4.34. The van der Waals surface area contributed by atoms with Crippen molar-refractivity contribution in [2.24, 2.45) is 0 Å². The lowest BCUT2D eigenvalue weighted by molar-refractivity contribution is -0.155. The highest BCUT2D eigenvalue weighted by molar-refractivity contribution is 5.94. The summed E-state index contributed by atoms with van der Waals surface area (Å²) >= 11 is 0. The first-order valence-corrected chi connectivity index (χ1v) is 8.25. The molecule has 1 aromatic heterocycles. The van der Waals surface area contributed by atoms with Crippen molar-refractivity contribution in [3.05, 3.63) is 54.4 Å². The van der Waals surface area contributed by atoms with Gasteiger partial charge in [0.1, 0.15) is 12.6 Å². The second-order valence-electron chi connectivity index (χ2n) is 6.07. The summed E-state index contributed by atoms with van der Waals surface area (Å²) in [5.74, 6) is 0.0241. The monoisotopic (exact) mass is 326 g/mol. The Morgan fingerprint density at radius 2 is 1.92 bits per heavy atom. The molecule has 126 valence electrons. The highest BCUT2D eigenvalue weighted by Crippen LogP contribution is 2.16. The first-order chi connectivity index (χ1) is 11.6. The van der Waals surface area contributed by atoms with Crippen LogP contribution in [0.1, 0.15) is 18.9 Å². The molecule has 0 aliphatic carbocycles. The summed E-state index contributed by atoms with van der Waals surface area (Å²) in [7, 11) is 0. The topological polar surface area (TPSA) is 58.4 Å². The number of benzene rings is 1. The number of carbonyl (C=O) groups excluding carboxylic acids is 2. The highest BCUT2D eigenvalue weighted by atomic mass is 16.2. The SMILES string of the molecule is C[C@@H]1C(=O)N(Cc2ccccc2)CC(=O)N1CCCn1cccn1. The van der Waals surface area contributed by atoms with Gasteiger partial charge in [-0.15, -0.1) is 0 Å². The molecule has 24 heavy (non-hydrogen) atoms. The summed E-state index contributed by atoms with van der Waals surface area (Å²) in [6.45, 7) is 3.76. The lowest BCUT2D eigenvalue weighted by atomic mass is 10.1. The van der Waals surface area contributed by atoms with Crippen molar-refractivity contribution in [1.82, 2.24) is 19.6 Å². The van der Waals surface area contributed by atoms with Gasteiger partial charge in [0.15, 0.2) is 0 Å². The Morgan fingerprint density at radius 1 is 1.12 bits per heavy atom. The van der Waals surface area contributed by atoms with Crippen LogP contribution in [0, 0.1) is 0 Å². The summed E-state index contributed by atoms with van der Waals surface area (Å²) in [4.78, 5) is 28.4. The van der Waals surface area contributed by atoms with Crippen LogP contribution in [0.15, 0.2) is 48.8 Å². The van der Waals surface area contributed by atoms with Crippen LogP contribution in [0.3, 0.4) is 0 Å². The van der Waals surface area contributed by atoms with E-state index in [4.69, 9.17) is 0 Å². The van der Waals surface area contributed by atoms with Gasteiger partial charge in [-0.3, -0.25) is 14.3 Å². The minimum absolute atomic E-state index is 0.0116. The zero-order chi connectivity index (χ0) is 16.9. The second-order valence-corrected chi connectivity index (χ2v) is 6.07. The molecule has 2 aromatic rings. The zero-order valence-electron chi connectivity index (χ0n) is 13.8. The van der Waals surface area contributed by atoms with Gasteiger partial charge in [-0.05, 0) is 25.0 Å². The Hall–Kier alpha value is -2.63. The minimum Gasteiger partial charge on any atom is -0.329 e. The van der Waals surface area contributed by atoms with Crippen molar-refractivity contribution in [2.45, 2.75) is 32.5 Å². The van der Waals surface area contributed by atoms with Gasteiger partial charge in [0, 0.05) is 32.0 Å². The first-order valence-electron chi connectivity index (χ1n) is 8.25. The van der Waals surface area contributed by atoms with E-state index in [1.54, 1.807) is 16.0 Å². The van der Waals surface area contributed by atoms with Gasteiger partial charge in [0.2, 0.25) is 11.8 Å². The number of carbonyl (C=O) groups is 2. The summed E-state index contributed by atoms with van der Waals surface area (Å²) in [5, 5.41) is 4.15. The van der Waals surface area contributed by atoms with Crippen molar-refractivity contribution < 1.29 is 9.59 Å². The van der Waals surface area contributed by atoms with E-state index in [0.29, 0.717) is 13.1 Å². The molecule has 0 unspecified atom stereocenters. The van der Waals surface area contributed by atoms with Gasteiger partial charge in [-0.2, -0.15) is 5.10 Å². The van der Waals surface area contributed by atoms with Crippen LogP contribution in [-0.4, -0.2) is 50.5 Å². The van der Waals surface area contributed by atoms with Crippen molar-refractivity contribution in [2.75, 3.05) is 13.1 Å². The summed E-state index contributed by atoms with van der Waals surface area (Å²) in [5.41, 5.74) is 1.04. The van der Waals surface area contributed by atoms with Crippen LogP contribution in [0.25, 0.3) is 0 Å². The van der Waals surface area contributed by atoms with Crippen LogP contribution in [-0.2, 0) is 22.7 Å². The molecular weight excluding hydrogens is 304 g/mol. The molecule has 1 fully saturated rings. The quantitative estimate of drug-likeness (QED) is 0.809. The Kier molecular flexibility index (Phi) is 4.93. The Bertz CT molecular complexity index is 684. The van der Waals surface area contributed by atoms with Crippen molar-refractivity contribution in [1.29, 1.82) is 0 Å². The van der Waals surface area contributed by atoms with Crippen molar-refractivity contribution in [3.63, 3.8) is 0 Å². The molecule has 3 rings (SSSR count). The molecule has 0 N–H and O–H groups in total. The Labute approximate surface area is 141 Å². The molecule has 0 radical (unpaired) electrons. The summed E-state index contributed by atoms with van der Waals surface area (Å²) in [6, 6.07) is 11.2. The predicted molar refractivity (Wildman–Crippen MR) is 89.9 cm³/mol. The Morgan fingerprint density at radius 3 is 2.62 bits per heavy atom. The normalized spacial score (nSPS) is 18.3. The van der Waals surface area contributed by atoms with Crippen molar-refractivity contribution in [3.8, 4) is 0 Å². The molecule has 6 heteroatoms. The van der Waals surface area contributed by atoms with Gasteiger partial charge in [0.25, 0.3) is 0 Å². The van der Waals surface area contributed by atoms with E-state index in [-0.39, 0.29) is 18.4 Å². The lowest BCUT2D eigenvalue weighted by Gasteiger charge is -2.38. The average molecular weight is 326 g/mol. The average Bonchev–Trinajstić information content (AvgIpc) is 3.10. The largest absolute Gasteiger partial charge is 0.329 e. The number of amides is 2. The lowest BCUT2D eigenvalue weighted by Crippen LogP contribution is -2.58. The maximum absolute atomic E-state index is 12.6. The number of piperazine rings is 1. The van der Waals surface area contributed by atoms with E-state index in [1.165, 1.54) is 0 Å². The van der Waals surface area contributed by atoms with E-state index in [1.807, 2.05) is 54.2 Å². The molecule has 0 saturated carbocycles. The second kappa shape index (κ2) is 7.29. The smallest absolute Gasteiger partial charge is 0.245 e. The van der Waals surface area contributed by atoms with E-state index >= 15 is 0 Å². The number of hydrogen-bond donors (Lipinski definition) is 0. The number of aromatic nitrogens is 2. The van der Waals surface area contributed by atoms with E-state index < -0.39 is 6.04 Å². The fourth-order valence-corrected chi connectivity index (χ4v) is 3.04. The molecule has 1 aromatic carbocycles. The van der Waals surface area contributed by atoms with E-state index in [0.717, 1.165) is 18.5 Å². The molecule has 1 saturated heterocycles. The van der Waals surface area contributed by atoms with Crippen LogP contribution in [0.2, 0.25) is 0 Å². The van der Waals surface area contributed by atoms with Gasteiger partial charge < -0.3 is 9.80 Å². The number of rotatable bonds is 6. The van der Waals surface area contributed by atoms with Crippen molar-refractivity contribution >= 4 is 11.8 Å². The van der Waals surface area contributed by atoms with Crippen LogP contribution >= 0.6 is 0 Å². The van der Waals surface area contributed by atoms with E-state index in [9.17, 15) is 9.59 Å². The number of nitrogens with zero attached hydrogens (tertiary/aromatic N) is 4. The standard InChI is InChI=1S/C18H22N4O2/c1-15-18(24)20(13-16-7-3-2-4-8-16)14-17(23)22(15)12-6-11-21-10-5-9-19-21/h2-5,7-10,15H,6,11-14H2,1H3/t15-/m1/s1. The zero-order valence-corrected chi connectivity index (χ0v) is 13.8. The molecule has 6 nitrogen and oxygen atoms in total. The molecular formula is C18H22N4O2. The van der Waals surface area contributed by atoms with Crippen LogP contribution in [0.4, 0.5) is 0 Å². The number of hydrogen-bond acceptors (Lipinski definition) is 3. The molecule has 0 spiro atoms. The third kappa shape index (κ3) is 3.64. The van der Waals surface area contributed by atoms with E-state index in [2.05, 4.69) is 5.10 Å². The Balaban J connectivity index is 1.57. The number of aryl methyl sites for hydroxylation is 1. The minimum atomic E-state index is -0.410. The molecule has 1 aliphatic rings. The predicted octanol–water partition coefficient (Wildman–Crippen LogP) is 1.53. The van der Waals surface area contributed by atoms with Gasteiger partial charge in [0.05, 0.1) is 0 Å². The fourth-order valence-electron chi connectivity index (χ4n) is 3.04. The highest BCUT2D eigenvalue weighted by Gasteiger charge is 2.35. The molecule has 1 atom stereocenters. The molecule has 1 aliphatic heterocycles. The van der Waals surface area contributed by atoms with Crippen LogP contribution in [0.5, 0.6) is 0 Å². The fraction of sp³-hybridized carbons (Fsp3) is 0.389. The molecule has 2 heterocycles. The van der Waals surface area contributed by atoms with Gasteiger partial charge >= 0.3 is 0 Å². The summed E-state index contributed by atoms with van der Waals surface area (Å²) in [6.07, 6.45) is 4.41. The summed E-state index contributed by atoms with van der Waals surface area (Å²) < 4.78 is 1.84.